The number of rotatable bonds is 6. The van der Waals surface area contributed by atoms with Gasteiger partial charge in [-0.15, -0.1) is 0 Å². The Morgan fingerprint density at radius 2 is 1.46 bits per heavy atom. The van der Waals surface area contributed by atoms with Crippen molar-refractivity contribution in [3.05, 3.63) is 59.7 Å². The predicted molar refractivity (Wildman–Crippen MR) is 101 cm³/mol. The summed E-state index contributed by atoms with van der Waals surface area (Å²) in [5.74, 6) is -0.311. The molecule has 1 fully saturated rings. The Hall–Kier alpha value is -3.15. The van der Waals surface area contributed by atoms with Crippen molar-refractivity contribution in [3.63, 3.8) is 0 Å². The molecule has 3 rings (SSSR count). The van der Waals surface area contributed by atoms with Crippen LogP contribution in [-0.2, 0) is 32.0 Å². The molecule has 0 N–H and O–H groups in total. The maximum Gasteiger partial charge on any atom is 0.309 e. The Labute approximate surface area is 163 Å². The molecule has 146 valence electrons. The molecule has 6 nitrogen and oxygen atoms in total. The molecule has 2 aromatic rings. The molecular weight excluding hydrogens is 360 g/mol. The van der Waals surface area contributed by atoms with Gasteiger partial charge in [-0.25, -0.2) is 0 Å². The summed E-state index contributed by atoms with van der Waals surface area (Å²) in [5, 5.41) is 0. The standard InChI is InChI=1S/C22H22O6/c1-14(23)27-19-7-3-5-16(10-19)9-18-13-26-22(25)21(18)12-17-6-4-8-20(11-17)28-15(2)24/h3-8,10-11,18,21H,9,12-13H2,1-2H3/t18-,21-/m0/s1. The molecule has 0 aromatic heterocycles. The highest BCUT2D eigenvalue weighted by Gasteiger charge is 2.36. The lowest BCUT2D eigenvalue weighted by molar-refractivity contribution is -0.141. The van der Waals surface area contributed by atoms with Gasteiger partial charge in [-0.1, -0.05) is 24.3 Å². The molecule has 0 bridgehead atoms. The van der Waals surface area contributed by atoms with E-state index >= 15 is 0 Å². The zero-order chi connectivity index (χ0) is 20.1. The van der Waals surface area contributed by atoms with E-state index in [9.17, 15) is 14.4 Å². The Bertz CT molecular complexity index is 888. The van der Waals surface area contributed by atoms with Gasteiger partial charge < -0.3 is 14.2 Å². The summed E-state index contributed by atoms with van der Waals surface area (Å²) < 4.78 is 15.5. The van der Waals surface area contributed by atoms with Crippen LogP contribution in [0.2, 0.25) is 0 Å². The third-order valence-corrected chi connectivity index (χ3v) is 4.59. The van der Waals surface area contributed by atoms with Crippen LogP contribution in [0.4, 0.5) is 0 Å². The fraction of sp³-hybridized carbons (Fsp3) is 0.318. The van der Waals surface area contributed by atoms with Gasteiger partial charge in [-0.3, -0.25) is 14.4 Å². The van der Waals surface area contributed by atoms with Crippen LogP contribution >= 0.6 is 0 Å². The van der Waals surface area contributed by atoms with Crippen molar-refractivity contribution in [2.75, 3.05) is 6.61 Å². The van der Waals surface area contributed by atoms with E-state index in [0.717, 1.165) is 11.1 Å². The summed E-state index contributed by atoms with van der Waals surface area (Å²) in [6.45, 7) is 3.06. The minimum atomic E-state index is -0.386. The molecule has 0 radical (unpaired) electrons. The van der Waals surface area contributed by atoms with Gasteiger partial charge in [0, 0.05) is 19.8 Å². The van der Waals surface area contributed by atoms with E-state index in [4.69, 9.17) is 14.2 Å². The molecule has 6 heteroatoms. The van der Waals surface area contributed by atoms with Gasteiger partial charge in [0.15, 0.2) is 0 Å². The molecular formula is C22H22O6. The molecule has 0 amide bonds. The lowest BCUT2D eigenvalue weighted by Gasteiger charge is -2.16. The van der Waals surface area contributed by atoms with Crippen LogP contribution in [0.15, 0.2) is 48.5 Å². The van der Waals surface area contributed by atoms with E-state index in [0.29, 0.717) is 30.9 Å². The maximum atomic E-state index is 12.3. The van der Waals surface area contributed by atoms with Crippen molar-refractivity contribution >= 4 is 17.9 Å². The van der Waals surface area contributed by atoms with Gasteiger partial charge in [0.25, 0.3) is 0 Å². The monoisotopic (exact) mass is 382 g/mol. The highest BCUT2D eigenvalue weighted by molar-refractivity contribution is 5.75. The minimum Gasteiger partial charge on any atom is -0.465 e. The zero-order valence-corrected chi connectivity index (χ0v) is 15.8. The van der Waals surface area contributed by atoms with Gasteiger partial charge in [0.2, 0.25) is 0 Å². The number of ether oxygens (including phenoxy) is 3. The van der Waals surface area contributed by atoms with Gasteiger partial charge in [0.05, 0.1) is 12.5 Å². The molecule has 1 aliphatic rings. The summed E-state index contributed by atoms with van der Waals surface area (Å²) in [5.41, 5.74) is 1.88. The second kappa shape index (κ2) is 8.69. The van der Waals surface area contributed by atoms with Gasteiger partial charge >= 0.3 is 17.9 Å². The first kappa shape index (κ1) is 19.6. The largest absolute Gasteiger partial charge is 0.465 e. The molecule has 0 spiro atoms. The Kier molecular flexibility index (Phi) is 6.09. The van der Waals surface area contributed by atoms with E-state index in [1.165, 1.54) is 13.8 Å². The van der Waals surface area contributed by atoms with E-state index in [1.54, 1.807) is 24.3 Å². The maximum absolute atomic E-state index is 12.3. The number of carbonyl (C=O) groups is 3. The van der Waals surface area contributed by atoms with Crippen LogP contribution in [0, 0.1) is 11.8 Å². The van der Waals surface area contributed by atoms with Crippen LogP contribution in [0.3, 0.4) is 0 Å². The summed E-state index contributed by atoms with van der Waals surface area (Å²) in [4.78, 5) is 34.6. The van der Waals surface area contributed by atoms with E-state index < -0.39 is 0 Å². The van der Waals surface area contributed by atoms with Crippen molar-refractivity contribution in [3.8, 4) is 11.5 Å². The number of carbonyl (C=O) groups excluding carboxylic acids is 3. The fourth-order valence-corrected chi connectivity index (χ4v) is 3.42. The molecule has 0 aliphatic carbocycles. The van der Waals surface area contributed by atoms with Crippen molar-refractivity contribution < 1.29 is 28.6 Å². The molecule has 0 saturated carbocycles. The summed E-state index contributed by atoms with van der Waals surface area (Å²) in [7, 11) is 0. The second-order valence-electron chi connectivity index (χ2n) is 6.89. The fourth-order valence-electron chi connectivity index (χ4n) is 3.42. The summed E-state index contributed by atoms with van der Waals surface area (Å²) >= 11 is 0. The van der Waals surface area contributed by atoms with E-state index in [-0.39, 0.29) is 29.7 Å². The van der Waals surface area contributed by atoms with Gasteiger partial charge in [-0.2, -0.15) is 0 Å². The molecule has 0 unspecified atom stereocenters. The molecule has 2 atom stereocenters. The number of hydrogen-bond donors (Lipinski definition) is 0. The van der Waals surface area contributed by atoms with Crippen LogP contribution < -0.4 is 9.47 Å². The second-order valence-corrected chi connectivity index (χ2v) is 6.89. The highest BCUT2D eigenvalue weighted by Crippen LogP contribution is 2.30. The predicted octanol–water partition coefficient (Wildman–Crippen LogP) is 3.11. The average Bonchev–Trinajstić information content (AvgIpc) is 2.94. The third-order valence-electron chi connectivity index (χ3n) is 4.59. The molecule has 1 saturated heterocycles. The number of esters is 3. The normalized spacial score (nSPS) is 18.4. The molecule has 1 heterocycles. The Morgan fingerprint density at radius 1 is 0.929 bits per heavy atom. The number of benzene rings is 2. The van der Waals surface area contributed by atoms with Crippen molar-refractivity contribution in [2.45, 2.75) is 26.7 Å². The lowest BCUT2D eigenvalue weighted by Crippen LogP contribution is -2.20. The van der Waals surface area contributed by atoms with Crippen molar-refractivity contribution in [1.82, 2.24) is 0 Å². The van der Waals surface area contributed by atoms with E-state index in [1.807, 2.05) is 24.3 Å². The number of hydrogen-bond acceptors (Lipinski definition) is 6. The van der Waals surface area contributed by atoms with E-state index in [2.05, 4.69) is 0 Å². The topological polar surface area (TPSA) is 78.9 Å². The first-order valence-electron chi connectivity index (χ1n) is 9.12. The van der Waals surface area contributed by atoms with Crippen LogP contribution in [-0.4, -0.2) is 24.5 Å². The smallest absolute Gasteiger partial charge is 0.309 e. The van der Waals surface area contributed by atoms with Crippen LogP contribution in [0.5, 0.6) is 11.5 Å². The summed E-state index contributed by atoms with van der Waals surface area (Å²) in [6.07, 6.45) is 1.14. The molecule has 1 aliphatic heterocycles. The SMILES string of the molecule is CC(=O)Oc1cccc(C[C@H]2COC(=O)[C@H]2Cc2cccc(OC(C)=O)c2)c1. The van der Waals surface area contributed by atoms with Crippen LogP contribution in [0.1, 0.15) is 25.0 Å². The van der Waals surface area contributed by atoms with Gasteiger partial charge in [-0.05, 0) is 48.2 Å². The summed E-state index contributed by atoms with van der Waals surface area (Å²) in [6, 6.07) is 14.5. The molecule has 28 heavy (non-hydrogen) atoms. The minimum absolute atomic E-state index is 0.0115. The highest BCUT2D eigenvalue weighted by atomic mass is 16.5. The molecule has 2 aromatic carbocycles. The number of cyclic esters (lactones) is 1. The quantitative estimate of drug-likeness (QED) is 0.564. The Balaban J connectivity index is 1.71. The van der Waals surface area contributed by atoms with Crippen molar-refractivity contribution in [2.24, 2.45) is 11.8 Å². The van der Waals surface area contributed by atoms with Crippen molar-refractivity contribution in [1.29, 1.82) is 0 Å². The lowest BCUT2D eigenvalue weighted by atomic mass is 9.85. The van der Waals surface area contributed by atoms with Gasteiger partial charge in [0.1, 0.15) is 11.5 Å². The third kappa shape index (κ3) is 5.19. The average molecular weight is 382 g/mol. The first-order chi connectivity index (χ1) is 13.4. The zero-order valence-electron chi connectivity index (χ0n) is 15.8. The Morgan fingerprint density at radius 3 is 2.00 bits per heavy atom. The first-order valence-corrected chi connectivity index (χ1v) is 9.12. The van der Waals surface area contributed by atoms with Crippen LogP contribution in [0.25, 0.3) is 0 Å².